The Kier molecular flexibility index (Phi) is 5.65. The van der Waals surface area contributed by atoms with E-state index in [2.05, 4.69) is 20.2 Å². The molecule has 0 radical (unpaired) electrons. The summed E-state index contributed by atoms with van der Waals surface area (Å²) in [5.74, 6) is 0.596. The largest absolute Gasteiger partial charge is 0.378 e. The number of likely N-dealkylation sites (N-methyl/N-ethyl adjacent to an activating group) is 1. The average Bonchev–Trinajstić information content (AvgIpc) is 3.21. The van der Waals surface area contributed by atoms with E-state index >= 15 is 0 Å². The summed E-state index contributed by atoms with van der Waals surface area (Å²) in [6, 6.07) is 7.89. The third-order valence-corrected chi connectivity index (χ3v) is 3.96. The highest BCUT2D eigenvalue weighted by atomic mass is 16.5. The van der Waals surface area contributed by atoms with Gasteiger partial charge in [0.1, 0.15) is 19.0 Å². The zero-order chi connectivity index (χ0) is 18.5. The number of methoxy groups -OCH3 is 1. The number of aromatic nitrogens is 4. The maximum atomic E-state index is 12.2. The summed E-state index contributed by atoms with van der Waals surface area (Å²) in [7, 11) is 3.34. The lowest BCUT2D eigenvalue weighted by Crippen LogP contribution is -2.30. The Bertz CT molecular complexity index is 886. The van der Waals surface area contributed by atoms with Gasteiger partial charge in [-0.1, -0.05) is 6.07 Å². The number of H-pyrrole nitrogens is 2. The van der Waals surface area contributed by atoms with E-state index in [1.54, 1.807) is 19.1 Å². The number of nitrogens with one attached hydrogen (secondary N) is 2. The van der Waals surface area contributed by atoms with Crippen molar-refractivity contribution < 1.29 is 14.3 Å². The number of nitrogens with zero attached hydrogens (tertiary/aromatic N) is 3. The molecule has 3 aromatic rings. The molecular formula is C18H23N5O3. The molecule has 0 aliphatic carbocycles. The highest BCUT2D eigenvalue weighted by Crippen LogP contribution is 2.13. The van der Waals surface area contributed by atoms with Crippen molar-refractivity contribution in [1.29, 1.82) is 0 Å². The Balaban J connectivity index is 1.47. The van der Waals surface area contributed by atoms with Gasteiger partial charge >= 0.3 is 0 Å². The quantitative estimate of drug-likeness (QED) is 0.642. The van der Waals surface area contributed by atoms with Crippen molar-refractivity contribution in [3.8, 4) is 0 Å². The number of fused-ring (bicyclic) bond motifs is 1. The van der Waals surface area contributed by atoms with Gasteiger partial charge in [-0.3, -0.25) is 9.89 Å². The van der Waals surface area contributed by atoms with Crippen LogP contribution >= 0.6 is 0 Å². The molecule has 0 bridgehead atoms. The van der Waals surface area contributed by atoms with Crippen molar-refractivity contribution in [1.82, 2.24) is 25.1 Å². The SMILES string of the molecule is COCc1cc(CN(C)C(=O)COCc2nc3ccc(C)cc3[nH]2)[nH]n1. The molecule has 26 heavy (non-hydrogen) atoms. The Hall–Kier alpha value is -2.71. The Labute approximate surface area is 151 Å². The van der Waals surface area contributed by atoms with Crippen molar-refractivity contribution >= 4 is 16.9 Å². The summed E-state index contributed by atoms with van der Waals surface area (Å²) in [6.07, 6.45) is 0. The van der Waals surface area contributed by atoms with Gasteiger partial charge in [-0.05, 0) is 30.7 Å². The lowest BCUT2D eigenvalue weighted by atomic mass is 10.2. The van der Waals surface area contributed by atoms with E-state index in [0.717, 1.165) is 28.0 Å². The molecule has 0 saturated heterocycles. The number of carbonyl (C=O) groups is 1. The summed E-state index contributed by atoms with van der Waals surface area (Å²) in [6.45, 7) is 3.15. The predicted molar refractivity (Wildman–Crippen MR) is 96.3 cm³/mol. The van der Waals surface area contributed by atoms with Gasteiger partial charge in [0.2, 0.25) is 5.91 Å². The summed E-state index contributed by atoms with van der Waals surface area (Å²) >= 11 is 0. The van der Waals surface area contributed by atoms with Gasteiger partial charge in [-0.25, -0.2) is 4.98 Å². The normalized spacial score (nSPS) is 11.2. The van der Waals surface area contributed by atoms with Crippen LogP contribution in [0.1, 0.15) is 22.8 Å². The van der Waals surface area contributed by atoms with Gasteiger partial charge in [-0.15, -0.1) is 0 Å². The van der Waals surface area contributed by atoms with Gasteiger partial charge in [0.05, 0.1) is 35.6 Å². The van der Waals surface area contributed by atoms with Crippen LogP contribution in [0.5, 0.6) is 0 Å². The smallest absolute Gasteiger partial charge is 0.248 e. The minimum absolute atomic E-state index is 0.00830. The molecule has 0 saturated carbocycles. The number of ether oxygens (including phenoxy) is 2. The number of benzene rings is 1. The van der Waals surface area contributed by atoms with Crippen LogP contribution < -0.4 is 0 Å². The second-order valence-corrected chi connectivity index (χ2v) is 6.26. The molecule has 0 fully saturated rings. The third-order valence-electron chi connectivity index (χ3n) is 3.96. The molecule has 0 aliphatic rings. The van der Waals surface area contributed by atoms with Crippen LogP contribution in [0.15, 0.2) is 24.3 Å². The van der Waals surface area contributed by atoms with E-state index in [1.807, 2.05) is 31.2 Å². The second-order valence-electron chi connectivity index (χ2n) is 6.26. The standard InChI is InChI=1S/C18H23N5O3/c1-12-4-5-15-16(6-12)20-17(19-15)10-26-11-18(24)23(2)8-13-7-14(9-25-3)22-21-13/h4-7H,8-11H2,1-3H3,(H,19,20)(H,21,22). The molecular weight excluding hydrogens is 334 g/mol. The number of aryl methyl sites for hydroxylation is 1. The molecule has 2 heterocycles. The molecule has 0 aliphatic heterocycles. The maximum absolute atomic E-state index is 12.2. The number of rotatable bonds is 8. The molecule has 138 valence electrons. The second kappa shape index (κ2) is 8.11. The van der Waals surface area contributed by atoms with Crippen LogP contribution in [-0.2, 0) is 34.0 Å². The lowest BCUT2D eigenvalue weighted by molar-refractivity contribution is -0.135. The summed E-state index contributed by atoms with van der Waals surface area (Å²) in [4.78, 5) is 21.4. The van der Waals surface area contributed by atoms with Gasteiger partial charge in [0, 0.05) is 14.2 Å². The molecule has 2 aromatic heterocycles. The molecule has 1 amide bonds. The van der Waals surface area contributed by atoms with Crippen LogP contribution in [0.4, 0.5) is 0 Å². The van der Waals surface area contributed by atoms with E-state index in [9.17, 15) is 4.79 Å². The summed E-state index contributed by atoms with van der Waals surface area (Å²) in [5, 5.41) is 7.01. The highest BCUT2D eigenvalue weighted by molar-refractivity contribution is 5.77. The van der Waals surface area contributed by atoms with Crippen LogP contribution in [0.2, 0.25) is 0 Å². The first kappa shape index (κ1) is 18.1. The van der Waals surface area contributed by atoms with Crippen molar-refractivity contribution in [3.63, 3.8) is 0 Å². The molecule has 2 N–H and O–H groups in total. The van der Waals surface area contributed by atoms with Gasteiger partial charge < -0.3 is 19.4 Å². The number of imidazole rings is 1. The topological polar surface area (TPSA) is 96.1 Å². The first-order chi connectivity index (χ1) is 12.5. The zero-order valence-electron chi connectivity index (χ0n) is 15.2. The Morgan fingerprint density at radius 1 is 1.27 bits per heavy atom. The van der Waals surface area contributed by atoms with E-state index in [4.69, 9.17) is 9.47 Å². The van der Waals surface area contributed by atoms with Crippen LogP contribution in [0.3, 0.4) is 0 Å². The van der Waals surface area contributed by atoms with Gasteiger partial charge in [0.15, 0.2) is 0 Å². The average molecular weight is 357 g/mol. The monoisotopic (exact) mass is 357 g/mol. The number of carbonyl (C=O) groups excluding carboxylic acids is 1. The van der Waals surface area contributed by atoms with Crippen LogP contribution in [-0.4, -0.2) is 51.7 Å². The molecule has 3 rings (SSSR count). The van der Waals surface area contributed by atoms with Crippen molar-refractivity contribution in [3.05, 3.63) is 47.0 Å². The van der Waals surface area contributed by atoms with E-state index in [1.165, 1.54) is 0 Å². The highest BCUT2D eigenvalue weighted by Gasteiger charge is 2.12. The van der Waals surface area contributed by atoms with E-state index < -0.39 is 0 Å². The Morgan fingerprint density at radius 2 is 2.12 bits per heavy atom. The molecule has 1 aromatic carbocycles. The molecule has 0 unspecified atom stereocenters. The molecule has 8 nitrogen and oxygen atoms in total. The fraction of sp³-hybridized carbons (Fsp3) is 0.389. The molecule has 8 heteroatoms. The van der Waals surface area contributed by atoms with Crippen molar-refractivity contribution in [2.45, 2.75) is 26.7 Å². The third kappa shape index (κ3) is 4.47. The molecule has 0 spiro atoms. The first-order valence-corrected chi connectivity index (χ1v) is 8.34. The maximum Gasteiger partial charge on any atom is 0.248 e. The fourth-order valence-electron chi connectivity index (χ4n) is 2.65. The van der Waals surface area contributed by atoms with Gasteiger partial charge in [0.25, 0.3) is 0 Å². The van der Waals surface area contributed by atoms with E-state index in [0.29, 0.717) is 19.0 Å². The fourth-order valence-corrected chi connectivity index (χ4v) is 2.65. The zero-order valence-corrected chi connectivity index (χ0v) is 15.2. The Morgan fingerprint density at radius 3 is 2.92 bits per heavy atom. The van der Waals surface area contributed by atoms with Crippen molar-refractivity contribution in [2.24, 2.45) is 0 Å². The predicted octanol–water partition coefficient (Wildman–Crippen LogP) is 1.92. The summed E-state index contributed by atoms with van der Waals surface area (Å²) in [5.41, 5.74) is 4.68. The number of hydrogen-bond donors (Lipinski definition) is 2. The van der Waals surface area contributed by atoms with Gasteiger partial charge in [-0.2, -0.15) is 5.10 Å². The van der Waals surface area contributed by atoms with E-state index in [-0.39, 0.29) is 19.1 Å². The lowest BCUT2D eigenvalue weighted by Gasteiger charge is -2.15. The van der Waals surface area contributed by atoms with Crippen LogP contribution in [0.25, 0.3) is 11.0 Å². The minimum Gasteiger partial charge on any atom is -0.378 e. The minimum atomic E-state index is -0.111. The summed E-state index contributed by atoms with van der Waals surface area (Å²) < 4.78 is 10.5. The number of amides is 1. The van der Waals surface area contributed by atoms with Crippen LogP contribution in [0, 0.1) is 6.92 Å². The number of aromatic amines is 2. The molecule has 0 atom stereocenters. The first-order valence-electron chi connectivity index (χ1n) is 8.34. The number of hydrogen-bond acceptors (Lipinski definition) is 5. The van der Waals surface area contributed by atoms with Crippen molar-refractivity contribution in [2.75, 3.05) is 20.8 Å².